The van der Waals surface area contributed by atoms with E-state index < -0.39 is 163 Å². The van der Waals surface area contributed by atoms with E-state index in [1.165, 1.54) is 27.7 Å². The highest BCUT2D eigenvalue weighted by Crippen LogP contribution is 2.15. The molecule has 1 rings (SSSR count). The van der Waals surface area contributed by atoms with Gasteiger partial charge in [-0.25, -0.2) is 0 Å². The fraction of sp³-hybridized carbons (Fsp3) is 0.788. The van der Waals surface area contributed by atoms with Gasteiger partial charge in [-0.05, 0) is 124 Å². The van der Waals surface area contributed by atoms with Crippen molar-refractivity contribution in [2.75, 3.05) is 39.3 Å². The molecule has 0 radical (unpaired) electrons. The molecular formula is C52H98N16O14. The summed E-state index contributed by atoms with van der Waals surface area (Å²) in [5, 5.41) is 59.9. The average molecular weight is 1170 g/mol. The smallest absolute Gasteiger partial charge is 0.245 e. The molecule has 0 bridgehead atoms. The second-order valence-corrected chi connectivity index (χ2v) is 22.0. The summed E-state index contributed by atoms with van der Waals surface area (Å²) in [4.78, 5) is 153. The first-order chi connectivity index (χ1) is 38.5. The summed E-state index contributed by atoms with van der Waals surface area (Å²) in [7, 11) is 0. The van der Waals surface area contributed by atoms with E-state index in [1.54, 1.807) is 13.8 Å². The second kappa shape index (κ2) is 37.9. The van der Waals surface area contributed by atoms with Gasteiger partial charge in [-0.1, -0.05) is 40.5 Å². The maximum Gasteiger partial charge on any atom is 0.245 e. The van der Waals surface area contributed by atoms with Crippen LogP contribution in [0.5, 0.6) is 0 Å². The van der Waals surface area contributed by atoms with E-state index in [0.717, 1.165) is 12.8 Å². The molecule has 11 amide bonds. The summed E-state index contributed by atoms with van der Waals surface area (Å²) >= 11 is 0. The minimum atomic E-state index is -1.71. The molecule has 24 N–H and O–H groups in total. The van der Waals surface area contributed by atoms with Gasteiger partial charge in [0.15, 0.2) is 0 Å². The Morgan fingerprint density at radius 1 is 0.585 bits per heavy atom. The van der Waals surface area contributed by atoms with Gasteiger partial charge >= 0.3 is 0 Å². The van der Waals surface area contributed by atoms with E-state index in [1.807, 2.05) is 6.92 Å². The largest absolute Gasteiger partial charge is 0.391 e. The normalized spacial score (nSPS) is 23.6. The summed E-state index contributed by atoms with van der Waals surface area (Å²) in [5.41, 5.74) is 27.5. The molecule has 1 fully saturated rings. The van der Waals surface area contributed by atoms with E-state index in [4.69, 9.17) is 28.7 Å². The first kappa shape index (κ1) is 73.9. The van der Waals surface area contributed by atoms with Crippen LogP contribution in [-0.4, -0.2) is 198 Å². The quantitative estimate of drug-likeness (QED) is 0.0346. The molecule has 13 atom stereocenters. The van der Waals surface area contributed by atoms with E-state index in [2.05, 4.69) is 65.4 Å². The van der Waals surface area contributed by atoms with Crippen LogP contribution in [0.15, 0.2) is 0 Å². The van der Waals surface area contributed by atoms with Crippen LogP contribution in [0.25, 0.3) is 0 Å². The Bertz CT molecular complexity index is 2100. The number of hydrogen-bond donors (Lipinski definition) is 19. The zero-order chi connectivity index (χ0) is 62.4. The van der Waals surface area contributed by atoms with E-state index in [9.17, 15) is 68.1 Å². The van der Waals surface area contributed by atoms with E-state index in [0.29, 0.717) is 12.3 Å². The zero-order valence-electron chi connectivity index (χ0n) is 49.0. The lowest BCUT2D eigenvalue weighted by Gasteiger charge is -2.30. The topological polar surface area (TPSA) is 511 Å². The highest BCUT2D eigenvalue weighted by Gasteiger charge is 2.38. The molecule has 0 aromatic rings. The molecule has 1 heterocycles. The minimum Gasteiger partial charge on any atom is -0.391 e. The molecule has 30 heteroatoms. The molecule has 1 aliphatic rings. The van der Waals surface area contributed by atoms with Crippen LogP contribution in [0.1, 0.15) is 132 Å². The van der Waals surface area contributed by atoms with Crippen molar-refractivity contribution >= 4 is 65.0 Å². The molecule has 1 aliphatic heterocycles. The van der Waals surface area contributed by atoms with Gasteiger partial charge in [-0.2, -0.15) is 0 Å². The maximum atomic E-state index is 14.4. The Labute approximate surface area is 480 Å². The van der Waals surface area contributed by atoms with Crippen molar-refractivity contribution in [3.8, 4) is 0 Å². The third-order valence-corrected chi connectivity index (χ3v) is 13.4. The third-order valence-electron chi connectivity index (χ3n) is 13.4. The number of nitrogens with one attached hydrogen (secondary N) is 11. The van der Waals surface area contributed by atoms with Crippen molar-refractivity contribution in [3.63, 3.8) is 0 Å². The fourth-order valence-corrected chi connectivity index (χ4v) is 8.60. The molecule has 1 saturated heterocycles. The minimum absolute atomic E-state index is 0.000660. The Morgan fingerprint density at radius 2 is 1.05 bits per heavy atom. The van der Waals surface area contributed by atoms with Gasteiger partial charge in [0.25, 0.3) is 0 Å². The van der Waals surface area contributed by atoms with Gasteiger partial charge < -0.3 is 102 Å². The summed E-state index contributed by atoms with van der Waals surface area (Å²) < 4.78 is 0. The maximum absolute atomic E-state index is 14.4. The lowest BCUT2D eigenvalue weighted by molar-refractivity contribution is -0.137. The number of nitrogens with two attached hydrogens (primary N) is 5. The summed E-state index contributed by atoms with van der Waals surface area (Å²) in [6, 6.07) is -15.2. The number of carbonyl (C=O) groups excluding carboxylic acids is 11. The Balaban J connectivity index is 3.88. The molecule has 0 spiro atoms. The molecular weight excluding hydrogens is 1070 g/mol. The predicted octanol–water partition coefficient (Wildman–Crippen LogP) is -6.72. The van der Waals surface area contributed by atoms with Crippen LogP contribution < -0.4 is 87.2 Å². The molecule has 1 unspecified atom stereocenters. The molecule has 0 saturated carbocycles. The van der Waals surface area contributed by atoms with Crippen molar-refractivity contribution in [1.82, 2.24) is 58.5 Å². The van der Waals surface area contributed by atoms with E-state index >= 15 is 0 Å². The first-order valence-electron chi connectivity index (χ1n) is 28.4. The second-order valence-electron chi connectivity index (χ2n) is 22.0. The average Bonchev–Trinajstić information content (AvgIpc) is 3.46. The lowest BCUT2D eigenvalue weighted by Crippen LogP contribution is -2.62. The highest BCUT2D eigenvalue weighted by molar-refractivity contribution is 5.99. The fourth-order valence-electron chi connectivity index (χ4n) is 8.60. The van der Waals surface area contributed by atoms with Gasteiger partial charge in [0.2, 0.25) is 65.0 Å². The van der Waals surface area contributed by atoms with Gasteiger partial charge in [-0.15, -0.1) is 0 Å². The highest BCUT2D eigenvalue weighted by atomic mass is 16.3. The van der Waals surface area contributed by atoms with Crippen molar-refractivity contribution in [3.05, 3.63) is 0 Å². The van der Waals surface area contributed by atoms with Gasteiger partial charge in [0, 0.05) is 19.4 Å². The number of aliphatic hydroxyl groups excluding tert-OH is 2. The lowest BCUT2D eigenvalue weighted by atomic mass is 9.96. The number of carbonyl (C=O) groups is 11. The number of hydrogen-bond acceptors (Lipinski definition) is 19. The van der Waals surface area contributed by atoms with Crippen molar-refractivity contribution in [2.45, 2.75) is 211 Å². The van der Waals surface area contributed by atoms with Crippen molar-refractivity contribution < 1.29 is 68.1 Å². The Hall–Kier alpha value is -6.15. The van der Waals surface area contributed by atoms with Crippen molar-refractivity contribution in [2.24, 2.45) is 40.5 Å². The summed E-state index contributed by atoms with van der Waals surface area (Å²) in [6.45, 7) is 11.4. The van der Waals surface area contributed by atoms with Crippen LogP contribution in [0.3, 0.4) is 0 Å². The van der Waals surface area contributed by atoms with Gasteiger partial charge in [0.1, 0.15) is 60.4 Å². The molecule has 0 aliphatic carbocycles. The molecule has 470 valence electrons. The molecule has 30 nitrogen and oxygen atoms in total. The first-order valence-corrected chi connectivity index (χ1v) is 28.4. The molecule has 0 aromatic heterocycles. The van der Waals surface area contributed by atoms with Crippen LogP contribution >= 0.6 is 0 Å². The van der Waals surface area contributed by atoms with Gasteiger partial charge in [-0.3, -0.25) is 52.7 Å². The van der Waals surface area contributed by atoms with Gasteiger partial charge in [0.05, 0.1) is 17.8 Å². The van der Waals surface area contributed by atoms with Crippen LogP contribution in [-0.2, 0) is 52.7 Å². The Morgan fingerprint density at radius 3 is 1.51 bits per heavy atom. The molecule has 0 aromatic carbocycles. The number of rotatable bonds is 28. The van der Waals surface area contributed by atoms with Crippen LogP contribution in [0.2, 0.25) is 0 Å². The zero-order valence-corrected chi connectivity index (χ0v) is 49.0. The Kier molecular flexibility index (Phi) is 34.1. The molecule has 82 heavy (non-hydrogen) atoms. The number of aliphatic hydroxyl groups is 3. The summed E-state index contributed by atoms with van der Waals surface area (Å²) in [6.07, 6.45) is -2.60. The monoisotopic (exact) mass is 1170 g/mol. The van der Waals surface area contributed by atoms with Crippen LogP contribution in [0.4, 0.5) is 0 Å². The predicted molar refractivity (Wildman–Crippen MR) is 302 cm³/mol. The third kappa shape index (κ3) is 27.3. The number of amides is 11. The van der Waals surface area contributed by atoms with E-state index in [-0.39, 0.29) is 83.6 Å². The summed E-state index contributed by atoms with van der Waals surface area (Å²) in [5.74, 6) is -10.0. The van der Waals surface area contributed by atoms with Crippen molar-refractivity contribution in [1.29, 1.82) is 0 Å². The van der Waals surface area contributed by atoms with Crippen LogP contribution in [0, 0.1) is 11.8 Å². The SMILES string of the molecule is CCC(C)CCCC(=O)N[C@@H](CCN)C(=O)N[C@H](C(=O)N[C@@H](CCN)C(=O)N[C@H]1CCNC(=O)[C@H]([C@@H](C)O)NC(=O)[C@H](CCN)NC(=O)[C@H](CCN)NC(=O)[C@H](CC(C)C)NC(=O)[C@@H](CC(C)(C)O)NC(=O)[C@H](CCN)NC1=O)[C@@H](C)O. The standard InChI is InChI=1S/C52H98N16O14/c1-9-28(4)11-10-12-39(71)59-31(13-19-53)46(76)68-41(30(6)70)51(81)64-34(16-22-56)43(73)63-36-18-24-58-50(80)40(29(5)69)67-47(77)35(17-23-57)61-42(72)32(14-20-54)62-48(78)37(25-27(2)3)65-49(79)38(26-52(7,8)82)66-44(74)33(15-21-55)60-45(36)75/h27-38,40-41,69-70,82H,9-26,53-57H2,1-8H3,(H,58,80)(H,59,71)(H,60,75)(H,61,72)(H,62,78)(H,63,73)(H,64,81)(H,65,79)(H,66,74)(H,67,77)(H,68,76)/t28?,29-,30-,31+,32+,33+,34+,35+,36+,37+,38-,40+,41+/m1/s1.